The summed E-state index contributed by atoms with van der Waals surface area (Å²) in [7, 11) is 3.14. The van der Waals surface area contributed by atoms with Gasteiger partial charge in [0.05, 0.1) is 14.2 Å². The SMILES string of the molecule is COc1ccc(C(=O)NCC2(C)CCNCC2)cc1OC.Cl. The second kappa shape index (κ2) is 8.25. The summed E-state index contributed by atoms with van der Waals surface area (Å²) in [5, 5.41) is 6.38. The predicted octanol–water partition coefficient (Wildman–Crippen LogP) is 2.25. The van der Waals surface area contributed by atoms with E-state index < -0.39 is 0 Å². The van der Waals surface area contributed by atoms with Crippen molar-refractivity contribution in [1.29, 1.82) is 0 Å². The van der Waals surface area contributed by atoms with E-state index >= 15 is 0 Å². The molecule has 22 heavy (non-hydrogen) atoms. The summed E-state index contributed by atoms with van der Waals surface area (Å²) >= 11 is 0. The Morgan fingerprint density at radius 1 is 1.23 bits per heavy atom. The average Bonchev–Trinajstić information content (AvgIpc) is 2.52. The Kier molecular flexibility index (Phi) is 6.97. The highest BCUT2D eigenvalue weighted by atomic mass is 35.5. The van der Waals surface area contributed by atoms with Gasteiger partial charge in [-0.2, -0.15) is 0 Å². The number of piperidine rings is 1. The molecule has 0 aliphatic carbocycles. The van der Waals surface area contributed by atoms with Gasteiger partial charge in [-0.3, -0.25) is 4.79 Å². The summed E-state index contributed by atoms with van der Waals surface area (Å²) in [5.41, 5.74) is 0.766. The third-order valence-electron chi connectivity index (χ3n) is 4.13. The largest absolute Gasteiger partial charge is 0.493 e. The molecule has 1 heterocycles. The molecule has 1 aliphatic heterocycles. The van der Waals surface area contributed by atoms with Crippen molar-refractivity contribution in [3.63, 3.8) is 0 Å². The molecule has 0 bridgehead atoms. The van der Waals surface area contributed by atoms with Crippen LogP contribution < -0.4 is 20.1 Å². The minimum absolute atomic E-state index is 0. The van der Waals surface area contributed by atoms with Crippen LogP contribution in [0.15, 0.2) is 18.2 Å². The van der Waals surface area contributed by atoms with Crippen molar-refractivity contribution >= 4 is 18.3 Å². The molecule has 1 amide bonds. The molecular formula is C16H25ClN2O3. The molecule has 0 radical (unpaired) electrons. The lowest BCUT2D eigenvalue weighted by Crippen LogP contribution is -2.42. The van der Waals surface area contributed by atoms with Gasteiger partial charge in [-0.05, 0) is 49.5 Å². The molecule has 2 rings (SSSR count). The third-order valence-corrected chi connectivity index (χ3v) is 4.13. The Morgan fingerprint density at radius 2 is 1.86 bits per heavy atom. The number of amides is 1. The first kappa shape index (κ1) is 18.6. The highest BCUT2D eigenvalue weighted by Gasteiger charge is 2.27. The highest BCUT2D eigenvalue weighted by molar-refractivity contribution is 5.94. The number of hydrogen-bond donors (Lipinski definition) is 2. The number of carbonyl (C=O) groups excluding carboxylic acids is 1. The molecule has 0 atom stereocenters. The number of methoxy groups -OCH3 is 2. The topological polar surface area (TPSA) is 59.6 Å². The maximum Gasteiger partial charge on any atom is 0.251 e. The van der Waals surface area contributed by atoms with Crippen molar-refractivity contribution in [2.45, 2.75) is 19.8 Å². The van der Waals surface area contributed by atoms with Crippen LogP contribution in [0.4, 0.5) is 0 Å². The number of ether oxygens (including phenoxy) is 2. The van der Waals surface area contributed by atoms with Crippen LogP contribution in [0.25, 0.3) is 0 Å². The van der Waals surface area contributed by atoms with Gasteiger partial charge < -0.3 is 20.1 Å². The van der Waals surface area contributed by atoms with Gasteiger partial charge in [-0.1, -0.05) is 6.92 Å². The van der Waals surface area contributed by atoms with E-state index in [9.17, 15) is 4.79 Å². The predicted molar refractivity (Wildman–Crippen MR) is 89.3 cm³/mol. The van der Waals surface area contributed by atoms with Crippen molar-refractivity contribution in [1.82, 2.24) is 10.6 Å². The average molecular weight is 329 g/mol. The van der Waals surface area contributed by atoms with E-state index in [1.165, 1.54) is 0 Å². The van der Waals surface area contributed by atoms with Gasteiger partial charge in [0.15, 0.2) is 11.5 Å². The Bertz CT molecular complexity index is 502. The second-order valence-corrected chi connectivity index (χ2v) is 5.81. The van der Waals surface area contributed by atoms with Crippen LogP contribution in [-0.4, -0.2) is 39.8 Å². The number of rotatable bonds is 5. The first-order chi connectivity index (χ1) is 10.1. The van der Waals surface area contributed by atoms with Crippen LogP contribution in [0, 0.1) is 5.41 Å². The zero-order chi connectivity index (χ0) is 15.3. The minimum atomic E-state index is -0.0734. The molecule has 0 saturated carbocycles. The van der Waals surface area contributed by atoms with Crippen LogP contribution in [0.2, 0.25) is 0 Å². The zero-order valence-electron chi connectivity index (χ0n) is 13.4. The van der Waals surface area contributed by atoms with Crippen molar-refractivity contribution in [3.05, 3.63) is 23.8 Å². The highest BCUT2D eigenvalue weighted by Crippen LogP contribution is 2.29. The number of nitrogens with one attached hydrogen (secondary N) is 2. The van der Waals surface area contributed by atoms with E-state index in [0.29, 0.717) is 23.6 Å². The minimum Gasteiger partial charge on any atom is -0.493 e. The molecule has 0 unspecified atom stereocenters. The Labute approximate surface area is 138 Å². The van der Waals surface area contributed by atoms with Crippen molar-refractivity contribution in [2.24, 2.45) is 5.41 Å². The summed E-state index contributed by atoms with van der Waals surface area (Å²) < 4.78 is 10.4. The molecule has 1 saturated heterocycles. The molecule has 0 aromatic heterocycles. The number of hydrogen-bond acceptors (Lipinski definition) is 4. The van der Waals surface area contributed by atoms with Gasteiger partial charge in [0, 0.05) is 12.1 Å². The molecule has 2 N–H and O–H groups in total. The molecule has 6 heteroatoms. The first-order valence-electron chi connectivity index (χ1n) is 7.29. The lowest BCUT2D eigenvalue weighted by atomic mass is 9.81. The van der Waals surface area contributed by atoms with Crippen molar-refractivity contribution in [2.75, 3.05) is 33.9 Å². The smallest absolute Gasteiger partial charge is 0.251 e. The second-order valence-electron chi connectivity index (χ2n) is 5.81. The van der Waals surface area contributed by atoms with E-state index in [0.717, 1.165) is 25.9 Å². The summed E-state index contributed by atoms with van der Waals surface area (Å²) in [5.74, 6) is 1.12. The molecule has 1 aromatic carbocycles. The van der Waals surface area contributed by atoms with Gasteiger partial charge in [0.25, 0.3) is 5.91 Å². The van der Waals surface area contributed by atoms with Gasteiger partial charge in [-0.15, -0.1) is 12.4 Å². The van der Waals surface area contributed by atoms with Gasteiger partial charge in [0.1, 0.15) is 0 Å². The summed E-state index contributed by atoms with van der Waals surface area (Å²) in [6, 6.07) is 5.21. The first-order valence-corrected chi connectivity index (χ1v) is 7.29. The quantitative estimate of drug-likeness (QED) is 0.870. The fourth-order valence-electron chi connectivity index (χ4n) is 2.58. The standard InChI is InChI=1S/C16H24N2O3.ClH/c1-16(6-8-17-9-7-16)11-18-15(19)12-4-5-13(20-2)14(10-12)21-3;/h4-5,10,17H,6-9,11H2,1-3H3,(H,18,19);1H. The number of benzene rings is 1. The molecule has 5 nitrogen and oxygen atoms in total. The molecule has 124 valence electrons. The van der Waals surface area contributed by atoms with Crippen LogP contribution in [0.1, 0.15) is 30.1 Å². The van der Waals surface area contributed by atoms with Gasteiger partial charge >= 0.3 is 0 Å². The zero-order valence-corrected chi connectivity index (χ0v) is 14.2. The van der Waals surface area contributed by atoms with E-state index in [2.05, 4.69) is 17.6 Å². The number of halogens is 1. The van der Waals surface area contributed by atoms with Crippen LogP contribution in [0.3, 0.4) is 0 Å². The van der Waals surface area contributed by atoms with E-state index in [1.807, 2.05) is 0 Å². The molecule has 1 aliphatic rings. The van der Waals surface area contributed by atoms with E-state index in [4.69, 9.17) is 9.47 Å². The number of carbonyl (C=O) groups is 1. The van der Waals surface area contributed by atoms with Gasteiger partial charge in [-0.25, -0.2) is 0 Å². The maximum absolute atomic E-state index is 12.3. The molecular weight excluding hydrogens is 304 g/mol. The molecule has 0 spiro atoms. The Balaban J connectivity index is 0.00000242. The Morgan fingerprint density at radius 3 is 2.45 bits per heavy atom. The summed E-state index contributed by atoms with van der Waals surface area (Å²) in [4.78, 5) is 12.3. The van der Waals surface area contributed by atoms with Crippen LogP contribution >= 0.6 is 12.4 Å². The lowest BCUT2D eigenvalue weighted by Gasteiger charge is -2.34. The summed E-state index contributed by atoms with van der Waals surface area (Å²) in [6.07, 6.45) is 2.17. The summed E-state index contributed by atoms with van der Waals surface area (Å²) in [6.45, 7) is 4.95. The Hall–Kier alpha value is -1.46. The molecule has 1 fully saturated rings. The fourth-order valence-corrected chi connectivity index (χ4v) is 2.58. The van der Waals surface area contributed by atoms with E-state index in [-0.39, 0.29) is 23.7 Å². The van der Waals surface area contributed by atoms with Crippen molar-refractivity contribution < 1.29 is 14.3 Å². The lowest BCUT2D eigenvalue weighted by molar-refractivity contribution is 0.0922. The molecule has 1 aromatic rings. The van der Waals surface area contributed by atoms with Crippen LogP contribution in [-0.2, 0) is 0 Å². The van der Waals surface area contributed by atoms with Gasteiger partial charge in [0.2, 0.25) is 0 Å². The monoisotopic (exact) mass is 328 g/mol. The normalized spacial score (nSPS) is 16.3. The van der Waals surface area contributed by atoms with Crippen LogP contribution in [0.5, 0.6) is 11.5 Å². The fraction of sp³-hybridized carbons (Fsp3) is 0.562. The van der Waals surface area contributed by atoms with E-state index in [1.54, 1.807) is 32.4 Å². The van der Waals surface area contributed by atoms with Crippen molar-refractivity contribution in [3.8, 4) is 11.5 Å². The third kappa shape index (κ3) is 4.52. The maximum atomic E-state index is 12.3.